The molecule has 0 bridgehead atoms. The van der Waals surface area contributed by atoms with Crippen LogP contribution in [0.25, 0.3) is 0 Å². The third-order valence-corrected chi connectivity index (χ3v) is 3.70. The Bertz CT molecular complexity index is 651. The molecule has 3 rings (SSSR count). The van der Waals surface area contributed by atoms with Crippen molar-refractivity contribution in [2.75, 3.05) is 5.32 Å². The molecule has 1 heterocycles. The van der Waals surface area contributed by atoms with E-state index in [0.717, 1.165) is 36.6 Å². The van der Waals surface area contributed by atoms with Crippen LogP contribution in [0.4, 0.5) is 18.9 Å². The quantitative estimate of drug-likeness (QED) is 0.856. The van der Waals surface area contributed by atoms with Gasteiger partial charge in [-0.25, -0.2) is 13.2 Å². The highest BCUT2D eigenvalue weighted by atomic mass is 19.2. The normalized spacial score (nSPS) is 17.9. The Morgan fingerprint density at radius 3 is 2.90 bits per heavy atom. The minimum Gasteiger partial charge on any atom is -0.376 e. The number of fused-ring (bicyclic) bond motifs is 1. The van der Waals surface area contributed by atoms with E-state index in [1.165, 1.54) is 0 Å². The van der Waals surface area contributed by atoms with Crippen LogP contribution in [0.15, 0.2) is 18.3 Å². The molecule has 20 heavy (non-hydrogen) atoms. The summed E-state index contributed by atoms with van der Waals surface area (Å²) >= 11 is 0. The minimum atomic E-state index is -1.19. The average Bonchev–Trinajstić information content (AvgIpc) is 2.78. The molecular formula is C14H14F3N3. The molecule has 1 aliphatic rings. The number of nitrogens with zero attached hydrogens (tertiary/aromatic N) is 2. The topological polar surface area (TPSA) is 29.9 Å². The lowest BCUT2D eigenvalue weighted by Gasteiger charge is -2.25. The number of anilines is 1. The lowest BCUT2D eigenvalue weighted by molar-refractivity contribution is 0.493. The van der Waals surface area contributed by atoms with Crippen LogP contribution in [0.2, 0.25) is 0 Å². The molecule has 1 atom stereocenters. The number of aromatic nitrogens is 2. The predicted molar refractivity (Wildman–Crippen MR) is 68.8 cm³/mol. The number of hydrogen-bond acceptors (Lipinski definition) is 2. The highest BCUT2D eigenvalue weighted by molar-refractivity contribution is 5.48. The van der Waals surface area contributed by atoms with Crippen LogP contribution in [0, 0.1) is 17.5 Å². The van der Waals surface area contributed by atoms with Gasteiger partial charge < -0.3 is 5.32 Å². The summed E-state index contributed by atoms with van der Waals surface area (Å²) in [4.78, 5) is 0. The van der Waals surface area contributed by atoms with Gasteiger partial charge in [-0.3, -0.25) is 4.68 Å². The second kappa shape index (κ2) is 4.85. The molecule has 0 spiro atoms. The van der Waals surface area contributed by atoms with Gasteiger partial charge in [0.1, 0.15) is 5.82 Å². The van der Waals surface area contributed by atoms with Gasteiger partial charge in [0, 0.05) is 30.4 Å². The van der Waals surface area contributed by atoms with Crippen molar-refractivity contribution in [3.8, 4) is 0 Å². The SMILES string of the molecule is Cn1ncc2c1CCCC2Nc1cc(F)cc(F)c1F. The Morgan fingerprint density at radius 2 is 2.10 bits per heavy atom. The van der Waals surface area contributed by atoms with Gasteiger partial charge in [0.25, 0.3) is 0 Å². The van der Waals surface area contributed by atoms with Crippen molar-refractivity contribution < 1.29 is 13.2 Å². The smallest absolute Gasteiger partial charge is 0.182 e. The van der Waals surface area contributed by atoms with Gasteiger partial charge in [0.05, 0.1) is 17.9 Å². The highest BCUT2D eigenvalue weighted by Crippen LogP contribution is 2.33. The van der Waals surface area contributed by atoms with Crippen LogP contribution < -0.4 is 5.32 Å². The van der Waals surface area contributed by atoms with Gasteiger partial charge in [-0.2, -0.15) is 5.10 Å². The number of benzene rings is 1. The van der Waals surface area contributed by atoms with E-state index in [1.807, 2.05) is 7.05 Å². The summed E-state index contributed by atoms with van der Waals surface area (Å²) in [7, 11) is 1.85. The summed E-state index contributed by atoms with van der Waals surface area (Å²) in [5.41, 5.74) is 1.89. The van der Waals surface area contributed by atoms with Crippen molar-refractivity contribution in [2.24, 2.45) is 7.05 Å². The van der Waals surface area contributed by atoms with E-state index < -0.39 is 17.5 Å². The molecule has 0 radical (unpaired) electrons. The lowest BCUT2D eigenvalue weighted by Crippen LogP contribution is -2.18. The molecule has 6 heteroatoms. The molecule has 3 nitrogen and oxygen atoms in total. The first-order valence-electron chi connectivity index (χ1n) is 6.48. The van der Waals surface area contributed by atoms with Crippen LogP contribution >= 0.6 is 0 Å². The van der Waals surface area contributed by atoms with Crippen molar-refractivity contribution in [1.29, 1.82) is 0 Å². The molecule has 0 saturated carbocycles. The molecule has 1 unspecified atom stereocenters. The number of rotatable bonds is 2. The molecule has 106 valence electrons. The monoisotopic (exact) mass is 281 g/mol. The molecule has 0 amide bonds. The van der Waals surface area contributed by atoms with Gasteiger partial charge >= 0.3 is 0 Å². The summed E-state index contributed by atoms with van der Waals surface area (Å²) in [6, 6.07) is 1.34. The predicted octanol–water partition coefficient (Wildman–Crippen LogP) is 3.33. The van der Waals surface area contributed by atoms with Crippen molar-refractivity contribution in [2.45, 2.75) is 25.3 Å². The molecule has 2 aromatic rings. The summed E-state index contributed by atoms with van der Waals surface area (Å²) in [5.74, 6) is -3.04. The second-order valence-electron chi connectivity index (χ2n) is 5.01. The third kappa shape index (κ3) is 2.15. The van der Waals surface area contributed by atoms with E-state index in [9.17, 15) is 13.2 Å². The van der Waals surface area contributed by atoms with E-state index in [1.54, 1.807) is 10.9 Å². The van der Waals surface area contributed by atoms with Gasteiger partial charge in [0.2, 0.25) is 0 Å². The summed E-state index contributed by atoms with van der Waals surface area (Å²) in [6.45, 7) is 0. The maximum atomic E-state index is 13.7. The van der Waals surface area contributed by atoms with E-state index in [-0.39, 0.29) is 11.7 Å². The van der Waals surface area contributed by atoms with Crippen molar-refractivity contribution >= 4 is 5.69 Å². The molecule has 1 N–H and O–H groups in total. The van der Waals surface area contributed by atoms with E-state index >= 15 is 0 Å². The number of hydrogen-bond donors (Lipinski definition) is 1. The largest absolute Gasteiger partial charge is 0.376 e. The first-order valence-corrected chi connectivity index (χ1v) is 6.48. The number of halogens is 3. The first-order chi connectivity index (χ1) is 9.56. The first kappa shape index (κ1) is 13.0. The summed E-state index contributed by atoms with van der Waals surface area (Å²) < 4.78 is 41.9. The fourth-order valence-corrected chi connectivity index (χ4v) is 2.70. The fourth-order valence-electron chi connectivity index (χ4n) is 2.70. The summed E-state index contributed by atoms with van der Waals surface area (Å²) in [5, 5.41) is 7.07. The molecule has 1 aromatic carbocycles. The van der Waals surface area contributed by atoms with Crippen molar-refractivity contribution in [3.05, 3.63) is 47.0 Å². The van der Waals surface area contributed by atoms with E-state index in [4.69, 9.17) is 0 Å². The van der Waals surface area contributed by atoms with Crippen LogP contribution in [0.3, 0.4) is 0 Å². The number of aryl methyl sites for hydroxylation is 1. The van der Waals surface area contributed by atoms with Crippen molar-refractivity contribution in [3.63, 3.8) is 0 Å². The van der Waals surface area contributed by atoms with Crippen molar-refractivity contribution in [1.82, 2.24) is 9.78 Å². The lowest BCUT2D eigenvalue weighted by atomic mass is 9.93. The molecule has 1 aliphatic carbocycles. The van der Waals surface area contributed by atoms with Crippen LogP contribution in [-0.4, -0.2) is 9.78 Å². The van der Waals surface area contributed by atoms with E-state index in [0.29, 0.717) is 6.07 Å². The Kier molecular flexibility index (Phi) is 3.16. The molecule has 0 saturated heterocycles. The Morgan fingerprint density at radius 1 is 1.30 bits per heavy atom. The zero-order valence-corrected chi connectivity index (χ0v) is 11.0. The molecule has 0 fully saturated rings. The maximum Gasteiger partial charge on any atom is 0.182 e. The van der Waals surface area contributed by atoms with Gasteiger partial charge in [-0.1, -0.05) is 0 Å². The maximum absolute atomic E-state index is 13.7. The van der Waals surface area contributed by atoms with E-state index in [2.05, 4.69) is 10.4 Å². The van der Waals surface area contributed by atoms with Crippen LogP contribution in [0.5, 0.6) is 0 Å². The standard InChI is InChI=1S/C14H14F3N3/c1-20-13-4-2-3-11(9(13)7-18-20)19-12-6-8(15)5-10(16)14(12)17/h5-7,11,19H,2-4H2,1H3. The Balaban J connectivity index is 1.93. The molecule has 0 aliphatic heterocycles. The second-order valence-corrected chi connectivity index (χ2v) is 5.01. The average molecular weight is 281 g/mol. The fraction of sp³-hybridized carbons (Fsp3) is 0.357. The molecular weight excluding hydrogens is 267 g/mol. The Labute approximate surface area is 114 Å². The highest BCUT2D eigenvalue weighted by Gasteiger charge is 2.24. The zero-order chi connectivity index (χ0) is 14.3. The van der Waals surface area contributed by atoms with Gasteiger partial charge in [-0.15, -0.1) is 0 Å². The van der Waals surface area contributed by atoms with Crippen LogP contribution in [0.1, 0.15) is 30.1 Å². The van der Waals surface area contributed by atoms with Crippen LogP contribution in [-0.2, 0) is 13.5 Å². The van der Waals surface area contributed by atoms with Gasteiger partial charge in [-0.05, 0) is 19.3 Å². The Hall–Kier alpha value is -1.98. The molecule has 1 aromatic heterocycles. The third-order valence-electron chi connectivity index (χ3n) is 3.70. The minimum absolute atomic E-state index is 0.149. The van der Waals surface area contributed by atoms with Gasteiger partial charge in [0.15, 0.2) is 11.6 Å². The zero-order valence-electron chi connectivity index (χ0n) is 11.0. The number of nitrogens with one attached hydrogen (secondary N) is 1. The summed E-state index contributed by atoms with van der Waals surface area (Å²) in [6.07, 6.45) is 4.32.